The molecular weight excluding hydrogens is 418 g/mol. The molecule has 1 fully saturated rings. The van der Waals surface area contributed by atoms with Crippen molar-refractivity contribution in [2.45, 2.75) is 19.4 Å². The van der Waals surface area contributed by atoms with Crippen molar-refractivity contribution in [1.82, 2.24) is 9.80 Å². The number of carboxylic acids is 2. The molecule has 0 aliphatic carbocycles. The lowest BCUT2D eigenvalue weighted by atomic mass is 9.89. The van der Waals surface area contributed by atoms with E-state index in [1.54, 1.807) is 0 Å². The summed E-state index contributed by atoms with van der Waals surface area (Å²) in [5.74, 6) is -2.51. The van der Waals surface area contributed by atoms with Gasteiger partial charge in [-0.2, -0.15) is 0 Å². The van der Waals surface area contributed by atoms with Crippen molar-refractivity contribution in [3.63, 3.8) is 0 Å². The summed E-state index contributed by atoms with van der Waals surface area (Å²) in [4.78, 5) is 29.3. The van der Waals surface area contributed by atoms with Gasteiger partial charge in [-0.15, -0.1) is 0 Å². The first-order chi connectivity index (χ1) is 15.8. The number of nitrogens with zero attached hydrogens (tertiary/aromatic N) is 3. The van der Waals surface area contributed by atoms with Crippen LogP contribution in [0.15, 0.2) is 65.7 Å². The smallest absolute Gasteiger partial charge is 0.328 e. The first-order valence-corrected chi connectivity index (χ1v) is 11.1. The molecule has 2 aliphatic rings. The predicted octanol–water partition coefficient (Wildman–Crippen LogP) is 2.72. The second-order valence-corrected chi connectivity index (χ2v) is 8.48. The Morgan fingerprint density at radius 3 is 2.24 bits per heavy atom. The van der Waals surface area contributed by atoms with Crippen molar-refractivity contribution in [2.75, 3.05) is 39.8 Å². The molecule has 1 saturated heterocycles. The van der Waals surface area contributed by atoms with E-state index in [-0.39, 0.29) is 0 Å². The molecule has 2 aromatic rings. The van der Waals surface area contributed by atoms with Crippen LogP contribution in [-0.4, -0.2) is 83.5 Å². The molecule has 7 nitrogen and oxygen atoms in total. The summed E-state index contributed by atoms with van der Waals surface area (Å²) in [6.45, 7) is 7.88. The largest absolute Gasteiger partial charge is 0.478 e. The number of carbonyl (C=O) groups is 2. The standard InChI is InChI=1S/C22H27N3.C4H4O4/c1-17-8-9-19-15-20(16-25-12-10-24(2)11-13-25)23-22(21(19)14-17)18-6-4-3-5-7-18;5-3(6)1-2-4(7)8/h3-9,14,20H,10-13,15-16H2,1-2H3;1-2H,(H,5,6)(H,7,8)/b;2-1-. The highest BCUT2D eigenvalue weighted by Gasteiger charge is 2.25. The minimum atomic E-state index is -1.26. The summed E-state index contributed by atoms with van der Waals surface area (Å²) in [6, 6.07) is 17.9. The van der Waals surface area contributed by atoms with Gasteiger partial charge in [0.15, 0.2) is 0 Å². The molecule has 0 aromatic heterocycles. The third kappa shape index (κ3) is 7.37. The molecule has 2 aromatic carbocycles. The first kappa shape index (κ1) is 24.4. The fraction of sp³-hybridized carbons (Fsp3) is 0.346. The fourth-order valence-electron chi connectivity index (χ4n) is 4.04. The summed E-state index contributed by atoms with van der Waals surface area (Å²) >= 11 is 0. The number of hydrogen-bond donors (Lipinski definition) is 2. The normalized spacial score (nSPS) is 18.7. The molecule has 4 rings (SSSR count). The average Bonchev–Trinajstić information content (AvgIpc) is 2.80. The number of piperazine rings is 1. The van der Waals surface area contributed by atoms with Crippen LogP contribution in [0.25, 0.3) is 0 Å². The maximum absolute atomic E-state index is 9.55. The second-order valence-electron chi connectivity index (χ2n) is 8.48. The molecule has 7 heteroatoms. The van der Waals surface area contributed by atoms with E-state index in [9.17, 15) is 9.59 Å². The van der Waals surface area contributed by atoms with Crippen molar-refractivity contribution in [2.24, 2.45) is 4.99 Å². The van der Waals surface area contributed by atoms with Crippen LogP contribution in [0, 0.1) is 6.92 Å². The van der Waals surface area contributed by atoms with Crippen molar-refractivity contribution >= 4 is 17.7 Å². The second kappa shape index (κ2) is 11.5. The molecule has 0 saturated carbocycles. The molecule has 2 aliphatic heterocycles. The van der Waals surface area contributed by atoms with Gasteiger partial charge in [-0.1, -0.05) is 48.0 Å². The van der Waals surface area contributed by atoms with Gasteiger partial charge in [0.2, 0.25) is 0 Å². The van der Waals surface area contributed by atoms with E-state index in [2.05, 4.69) is 72.3 Å². The molecule has 0 spiro atoms. The Morgan fingerprint density at radius 2 is 1.64 bits per heavy atom. The third-order valence-electron chi connectivity index (χ3n) is 5.77. The Labute approximate surface area is 194 Å². The predicted molar refractivity (Wildman–Crippen MR) is 129 cm³/mol. The SMILES string of the molecule is Cc1ccc2c(c1)C(c1ccccc1)=NC(CN1CCN(C)CC1)C2.O=C(O)/C=C\C(=O)O. The Bertz CT molecular complexity index is 1010. The number of benzene rings is 2. The van der Waals surface area contributed by atoms with Gasteiger partial charge >= 0.3 is 11.9 Å². The fourth-order valence-corrected chi connectivity index (χ4v) is 4.04. The summed E-state index contributed by atoms with van der Waals surface area (Å²) in [5, 5.41) is 15.6. The van der Waals surface area contributed by atoms with Gasteiger partial charge in [-0.05, 0) is 32.0 Å². The van der Waals surface area contributed by atoms with Crippen LogP contribution in [0.4, 0.5) is 0 Å². The lowest BCUT2D eigenvalue weighted by molar-refractivity contribution is -0.134. The first-order valence-electron chi connectivity index (χ1n) is 11.1. The van der Waals surface area contributed by atoms with Gasteiger partial charge in [0.1, 0.15) is 0 Å². The van der Waals surface area contributed by atoms with Gasteiger partial charge in [-0.3, -0.25) is 9.89 Å². The lowest BCUT2D eigenvalue weighted by Gasteiger charge is -2.35. The van der Waals surface area contributed by atoms with E-state index in [0.717, 1.165) is 39.1 Å². The maximum Gasteiger partial charge on any atom is 0.328 e. The molecule has 2 heterocycles. The molecule has 1 unspecified atom stereocenters. The van der Waals surface area contributed by atoms with Crippen LogP contribution >= 0.6 is 0 Å². The zero-order valence-corrected chi connectivity index (χ0v) is 19.1. The molecule has 0 amide bonds. The highest BCUT2D eigenvalue weighted by Crippen LogP contribution is 2.25. The Hall–Kier alpha value is -3.29. The van der Waals surface area contributed by atoms with Gasteiger partial charge in [0.05, 0.1) is 11.8 Å². The quantitative estimate of drug-likeness (QED) is 0.682. The minimum Gasteiger partial charge on any atom is -0.478 e. The van der Waals surface area contributed by atoms with Crippen LogP contribution in [0.2, 0.25) is 0 Å². The van der Waals surface area contributed by atoms with Crippen molar-refractivity contribution in [3.05, 3.63) is 82.9 Å². The molecule has 0 bridgehead atoms. The molecular formula is C26H31N3O4. The van der Waals surface area contributed by atoms with Gasteiger partial charge in [-0.25, -0.2) is 9.59 Å². The van der Waals surface area contributed by atoms with E-state index in [1.807, 2.05) is 0 Å². The zero-order valence-electron chi connectivity index (χ0n) is 19.1. The topological polar surface area (TPSA) is 93.4 Å². The number of aliphatic imine (C=N–C) groups is 1. The van der Waals surface area contributed by atoms with Crippen LogP contribution in [-0.2, 0) is 16.0 Å². The molecule has 0 radical (unpaired) electrons. The van der Waals surface area contributed by atoms with Crippen LogP contribution < -0.4 is 0 Å². The number of likely N-dealkylation sites (N-methyl/N-ethyl adjacent to an activating group) is 1. The average molecular weight is 450 g/mol. The van der Waals surface area contributed by atoms with Crippen LogP contribution in [0.1, 0.15) is 22.3 Å². The molecule has 2 N–H and O–H groups in total. The van der Waals surface area contributed by atoms with Gasteiger partial charge in [0, 0.05) is 56.0 Å². The van der Waals surface area contributed by atoms with Gasteiger partial charge in [0.25, 0.3) is 0 Å². The van der Waals surface area contributed by atoms with Gasteiger partial charge < -0.3 is 15.1 Å². The highest BCUT2D eigenvalue weighted by atomic mass is 16.4. The number of rotatable bonds is 5. The number of hydrogen-bond acceptors (Lipinski definition) is 5. The maximum atomic E-state index is 9.55. The number of aryl methyl sites for hydroxylation is 1. The monoisotopic (exact) mass is 449 g/mol. The van der Waals surface area contributed by atoms with Crippen molar-refractivity contribution in [1.29, 1.82) is 0 Å². The summed E-state index contributed by atoms with van der Waals surface area (Å²) < 4.78 is 0. The van der Waals surface area contributed by atoms with E-state index < -0.39 is 11.9 Å². The van der Waals surface area contributed by atoms with Crippen molar-refractivity contribution in [3.8, 4) is 0 Å². The Balaban J connectivity index is 0.000000331. The van der Waals surface area contributed by atoms with Crippen molar-refractivity contribution < 1.29 is 19.8 Å². The van der Waals surface area contributed by atoms with E-state index >= 15 is 0 Å². The van der Waals surface area contributed by atoms with Crippen LogP contribution in [0.5, 0.6) is 0 Å². The Kier molecular flexibility index (Phi) is 8.52. The summed E-state index contributed by atoms with van der Waals surface area (Å²) in [5.41, 5.74) is 6.47. The molecule has 33 heavy (non-hydrogen) atoms. The van der Waals surface area contributed by atoms with E-state index in [1.165, 1.54) is 28.0 Å². The number of aliphatic carboxylic acids is 2. The lowest BCUT2D eigenvalue weighted by Crippen LogP contribution is -2.47. The van der Waals surface area contributed by atoms with E-state index in [4.69, 9.17) is 15.2 Å². The summed E-state index contributed by atoms with van der Waals surface area (Å²) in [7, 11) is 2.21. The zero-order chi connectivity index (χ0) is 23.8. The number of carboxylic acid groups (broad SMARTS) is 2. The summed E-state index contributed by atoms with van der Waals surface area (Å²) in [6.07, 6.45) is 2.17. The van der Waals surface area contributed by atoms with E-state index in [0.29, 0.717) is 18.2 Å². The molecule has 174 valence electrons. The highest BCUT2D eigenvalue weighted by molar-refractivity contribution is 6.14. The minimum absolute atomic E-state index is 0.355. The van der Waals surface area contributed by atoms with Crippen LogP contribution in [0.3, 0.4) is 0 Å². The number of fused-ring (bicyclic) bond motifs is 1. The Morgan fingerprint density at radius 1 is 1.00 bits per heavy atom. The third-order valence-corrected chi connectivity index (χ3v) is 5.77. The molecule has 1 atom stereocenters.